The molecule has 1 atom stereocenters. The van der Waals surface area contributed by atoms with Gasteiger partial charge in [-0.15, -0.1) is 0 Å². The van der Waals surface area contributed by atoms with Gasteiger partial charge in [0.15, 0.2) is 0 Å². The van der Waals surface area contributed by atoms with Crippen LogP contribution in [0.2, 0.25) is 0 Å². The second-order valence-corrected chi connectivity index (χ2v) is 4.06. The average molecular weight is 193 g/mol. The smallest absolute Gasteiger partial charge is 0.0624 e. The molecule has 1 unspecified atom stereocenters. The SMILES string of the molecule is Cc1ccc(C(C)C)cc1C(N)CO. The van der Waals surface area contributed by atoms with Crippen LogP contribution in [0.1, 0.15) is 42.5 Å². The zero-order valence-corrected chi connectivity index (χ0v) is 9.12. The van der Waals surface area contributed by atoms with E-state index in [0.717, 1.165) is 11.1 Å². The van der Waals surface area contributed by atoms with Crippen LogP contribution in [0.4, 0.5) is 0 Å². The number of benzene rings is 1. The summed E-state index contributed by atoms with van der Waals surface area (Å²) in [5.74, 6) is 0.500. The maximum absolute atomic E-state index is 9.02. The molecule has 14 heavy (non-hydrogen) atoms. The fraction of sp³-hybridized carbons (Fsp3) is 0.500. The van der Waals surface area contributed by atoms with Gasteiger partial charge in [-0.3, -0.25) is 0 Å². The van der Waals surface area contributed by atoms with Crippen molar-refractivity contribution in [2.24, 2.45) is 5.73 Å². The van der Waals surface area contributed by atoms with Crippen molar-refractivity contribution in [3.05, 3.63) is 34.9 Å². The zero-order chi connectivity index (χ0) is 10.7. The molecule has 0 aromatic heterocycles. The van der Waals surface area contributed by atoms with Crippen LogP contribution in [0.15, 0.2) is 18.2 Å². The average Bonchev–Trinajstić information content (AvgIpc) is 2.17. The van der Waals surface area contributed by atoms with Crippen molar-refractivity contribution in [3.8, 4) is 0 Å². The van der Waals surface area contributed by atoms with Crippen LogP contribution in [0.5, 0.6) is 0 Å². The summed E-state index contributed by atoms with van der Waals surface area (Å²) in [6.07, 6.45) is 0. The minimum atomic E-state index is -0.256. The maximum atomic E-state index is 9.02. The Bertz CT molecular complexity index is 307. The van der Waals surface area contributed by atoms with Gasteiger partial charge in [0.05, 0.1) is 12.6 Å². The summed E-state index contributed by atoms with van der Waals surface area (Å²) < 4.78 is 0. The van der Waals surface area contributed by atoms with Crippen LogP contribution in [-0.2, 0) is 0 Å². The maximum Gasteiger partial charge on any atom is 0.0624 e. The molecule has 0 aliphatic carbocycles. The lowest BCUT2D eigenvalue weighted by Crippen LogP contribution is -2.16. The molecule has 0 saturated heterocycles. The third-order valence-electron chi connectivity index (χ3n) is 2.57. The Morgan fingerprint density at radius 1 is 1.36 bits per heavy atom. The summed E-state index contributed by atoms with van der Waals surface area (Å²) in [4.78, 5) is 0. The molecule has 0 aliphatic heterocycles. The molecule has 0 radical (unpaired) electrons. The molecule has 1 rings (SSSR count). The van der Waals surface area contributed by atoms with Crippen molar-refractivity contribution in [3.63, 3.8) is 0 Å². The number of aliphatic hydroxyl groups excluding tert-OH is 1. The first-order valence-electron chi connectivity index (χ1n) is 5.03. The van der Waals surface area contributed by atoms with E-state index in [1.807, 2.05) is 6.92 Å². The van der Waals surface area contributed by atoms with Crippen molar-refractivity contribution in [1.29, 1.82) is 0 Å². The Kier molecular flexibility index (Phi) is 3.67. The van der Waals surface area contributed by atoms with E-state index >= 15 is 0 Å². The second-order valence-electron chi connectivity index (χ2n) is 4.06. The number of aliphatic hydroxyl groups is 1. The first kappa shape index (κ1) is 11.2. The highest BCUT2D eigenvalue weighted by Crippen LogP contribution is 2.22. The molecule has 3 N–H and O–H groups in total. The van der Waals surface area contributed by atoms with E-state index in [-0.39, 0.29) is 12.6 Å². The summed E-state index contributed by atoms with van der Waals surface area (Å²) in [7, 11) is 0. The van der Waals surface area contributed by atoms with Gasteiger partial charge in [0.1, 0.15) is 0 Å². The van der Waals surface area contributed by atoms with E-state index in [4.69, 9.17) is 10.8 Å². The predicted octanol–water partition coefficient (Wildman–Crippen LogP) is 2.11. The molecule has 2 nitrogen and oxygen atoms in total. The van der Waals surface area contributed by atoms with E-state index in [1.54, 1.807) is 0 Å². The number of hydrogen-bond donors (Lipinski definition) is 2. The molecule has 0 fully saturated rings. The first-order valence-corrected chi connectivity index (χ1v) is 5.03. The fourth-order valence-corrected chi connectivity index (χ4v) is 1.52. The van der Waals surface area contributed by atoms with Crippen LogP contribution in [0, 0.1) is 6.92 Å². The van der Waals surface area contributed by atoms with E-state index in [0.29, 0.717) is 5.92 Å². The Morgan fingerprint density at radius 2 is 2.00 bits per heavy atom. The summed E-state index contributed by atoms with van der Waals surface area (Å²) in [6, 6.07) is 6.03. The molecule has 1 aromatic carbocycles. The Hall–Kier alpha value is -0.860. The van der Waals surface area contributed by atoms with Gasteiger partial charge in [-0.2, -0.15) is 0 Å². The minimum absolute atomic E-state index is 0.00237. The van der Waals surface area contributed by atoms with Crippen LogP contribution in [0.25, 0.3) is 0 Å². The topological polar surface area (TPSA) is 46.2 Å². The highest BCUT2D eigenvalue weighted by Gasteiger charge is 2.09. The van der Waals surface area contributed by atoms with Crippen molar-refractivity contribution in [2.75, 3.05) is 6.61 Å². The molecule has 1 aromatic rings. The summed E-state index contributed by atoms with van der Waals surface area (Å²) in [5.41, 5.74) is 9.29. The Labute approximate surface area is 85.8 Å². The highest BCUT2D eigenvalue weighted by molar-refractivity contribution is 5.34. The number of hydrogen-bond acceptors (Lipinski definition) is 2. The van der Waals surface area contributed by atoms with Crippen LogP contribution in [-0.4, -0.2) is 11.7 Å². The lowest BCUT2D eigenvalue weighted by atomic mass is 9.95. The van der Waals surface area contributed by atoms with Crippen molar-refractivity contribution < 1.29 is 5.11 Å². The lowest BCUT2D eigenvalue weighted by Gasteiger charge is -2.15. The molecular weight excluding hydrogens is 174 g/mol. The van der Waals surface area contributed by atoms with E-state index in [1.165, 1.54) is 5.56 Å². The normalized spacial score (nSPS) is 13.3. The van der Waals surface area contributed by atoms with Gasteiger partial charge >= 0.3 is 0 Å². The van der Waals surface area contributed by atoms with Gasteiger partial charge in [0.2, 0.25) is 0 Å². The predicted molar refractivity (Wildman–Crippen MR) is 59.3 cm³/mol. The summed E-state index contributed by atoms with van der Waals surface area (Å²) in [6.45, 7) is 6.33. The second kappa shape index (κ2) is 4.58. The van der Waals surface area contributed by atoms with E-state index in [9.17, 15) is 0 Å². The minimum Gasteiger partial charge on any atom is -0.394 e. The van der Waals surface area contributed by atoms with Gasteiger partial charge in [-0.1, -0.05) is 32.0 Å². The van der Waals surface area contributed by atoms with Gasteiger partial charge in [0.25, 0.3) is 0 Å². The molecule has 0 saturated carbocycles. The summed E-state index contributed by atoms with van der Waals surface area (Å²) >= 11 is 0. The van der Waals surface area contributed by atoms with Gasteiger partial charge in [-0.05, 0) is 29.5 Å². The van der Waals surface area contributed by atoms with E-state index < -0.39 is 0 Å². The number of aryl methyl sites for hydroxylation is 1. The standard InChI is InChI=1S/C12H19NO/c1-8(2)10-5-4-9(3)11(6-10)12(13)7-14/h4-6,8,12,14H,7,13H2,1-3H3. The zero-order valence-electron chi connectivity index (χ0n) is 9.12. The van der Waals surface area contributed by atoms with Gasteiger partial charge in [0, 0.05) is 0 Å². The third kappa shape index (κ3) is 2.34. The number of nitrogens with two attached hydrogens (primary N) is 1. The molecular formula is C12H19NO. The largest absolute Gasteiger partial charge is 0.394 e. The molecule has 0 spiro atoms. The molecule has 78 valence electrons. The van der Waals surface area contributed by atoms with Crippen molar-refractivity contribution in [2.45, 2.75) is 32.7 Å². The van der Waals surface area contributed by atoms with Crippen LogP contribution >= 0.6 is 0 Å². The van der Waals surface area contributed by atoms with Crippen LogP contribution < -0.4 is 5.73 Å². The lowest BCUT2D eigenvalue weighted by molar-refractivity contribution is 0.267. The molecule has 0 bridgehead atoms. The summed E-state index contributed by atoms with van der Waals surface area (Å²) in [5, 5.41) is 9.02. The quantitative estimate of drug-likeness (QED) is 0.772. The van der Waals surface area contributed by atoms with Crippen LogP contribution in [0.3, 0.4) is 0 Å². The molecule has 0 amide bonds. The third-order valence-corrected chi connectivity index (χ3v) is 2.57. The fourth-order valence-electron chi connectivity index (χ4n) is 1.52. The Balaban J connectivity index is 3.08. The van der Waals surface area contributed by atoms with Gasteiger partial charge < -0.3 is 10.8 Å². The van der Waals surface area contributed by atoms with E-state index in [2.05, 4.69) is 32.0 Å². The molecule has 2 heteroatoms. The van der Waals surface area contributed by atoms with Crippen molar-refractivity contribution >= 4 is 0 Å². The first-order chi connectivity index (χ1) is 6.56. The van der Waals surface area contributed by atoms with Crippen molar-refractivity contribution in [1.82, 2.24) is 0 Å². The molecule has 0 aliphatic rings. The number of rotatable bonds is 3. The highest BCUT2D eigenvalue weighted by atomic mass is 16.3. The Morgan fingerprint density at radius 3 is 2.50 bits per heavy atom. The monoisotopic (exact) mass is 193 g/mol. The van der Waals surface area contributed by atoms with Gasteiger partial charge in [-0.25, -0.2) is 0 Å². The molecule has 0 heterocycles.